The maximum atomic E-state index is 6.06. The molecular weight excluding hydrogens is 490 g/mol. The molecule has 1 spiro atoms. The van der Waals surface area contributed by atoms with Crippen LogP contribution in [-0.4, -0.2) is 62.5 Å². The van der Waals surface area contributed by atoms with Crippen LogP contribution in [-0.2, 0) is 9.47 Å². The summed E-state index contributed by atoms with van der Waals surface area (Å²) in [5.41, 5.74) is 1.47. The van der Waals surface area contributed by atoms with E-state index in [-0.39, 0.29) is 0 Å². The Balaban J connectivity index is 1.20. The molecule has 148 valence electrons. The van der Waals surface area contributed by atoms with E-state index in [1.807, 2.05) is 24.3 Å². The van der Waals surface area contributed by atoms with Gasteiger partial charge in [-0.25, -0.2) is 4.98 Å². The molecule has 1 aromatic carbocycles. The number of hydrogen-bond donors (Lipinski definition) is 0. The first-order chi connectivity index (χ1) is 13.6. The summed E-state index contributed by atoms with van der Waals surface area (Å²) in [6.45, 7) is 7.23. The van der Waals surface area contributed by atoms with Gasteiger partial charge in [-0.05, 0) is 34.1 Å². The van der Waals surface area contributed by atoms with E-state index in [2.05, 4.69) is 46.6 Å². The second kappa shape index (κ2) is 7.57. The molecule has 0 amide bonds. The van der Waals surface area contributed by atoms with Gasteiger partial charge in [0.05, 0.1) is 32.1 Å². The zero-order chi connectivity index (χ0) is 19.1. The van der Waals surface area contributed by atoms with Crippen LogP contribution in [0.4, 0.5) is 11.5 Å². The first-order valence-corrected chi connectivity index (χ1v) is 11.0. The number of likely N-dealkylation sites (tertiary alicyclic amines) is 1. The summed E-state index contributed by atoms with van der Waals surface area (Å²) < 4.78 is 19.2. The number of rotatable bonds is 6. The van der Waals surface area contributed by atoms with Crippen LogP contribution in [0.25, 0.3) is 0 Å². The fourth-order valence-corrected chi connectivity index (χ4v) is 4.68. The topological polar surface area (TPSA) is 47.1 Å². The first-order valence-electron chi connectivity index (χ1n) is 9.40. The molecule has 6 nitrogen and oxygen atoms in total. The summed E-state index contributed by atoms with van der Waals surface area (Å²) in [4.78, 5) is 9.18. The summed E-state index contributed by atoms with van der Waals surface area (Å²) in [6, 6.07) is 8.00. The van der Waals surface area contributed by atoms with Crippen molar-refractivity contribution in [1.82, 2.24) is 9.88 Å². The Hall–Kier alpha value is -1.19. The highest BCUT2D eigenvalue weighted by molar-refractivity contribution is 9.10. The third-order valence-corrected chi connectivity index (χ3v) is 6.36. The molecule has 2 saturated heterocycles. The van der Waals surface area contributed by atoms with E-state index in [4.69, 9.17) is 14.2 Å². The van der Waals surface area contributed by atoms with Gasteiger partial charge < -0.3 is 19.1 Å². The predicted octanol–water partition coefficient (Wildman–Crippen LogP) is 4.20. The van der Waals surface area contributed by atoms with Gasteiger partial charge in [-0.1, -0.05) is 15.9 Å². The fourth-order valence-electron chi connectivity index (χ4n) is 4.03. The van der Waals surface area contributed by atoms with Crippen molar-refractivity contribution in [2.45, 2.75) is 0 Å². The van der Waals surface area contributed by atoms with E-state index in [0.717, 1.165) is 77.9 Å². The van der Waals surface area contributed by atoms with Crippen molar-refractivity contribution in [2.75, 3.05) is 57.5 Å². The molecule has 2 fully saturated rings. The van der Waals surface area contributed by atoms with E-state index < -0.39 is 0 Å². The van der Waals surface area contributed by atoms with Gasteiger partial charge in [0.2, 0.25) is 0 Å². The maximum Gasteiger partial charge on any atom is 0.176 e. The zero-order valence-corrected chi connectivity index (χ0v) is 18.5. The molecular formula is C20H21Br2N3O3. The fraction of sp³-hybridized carbons (Fsp3) is 0.450. The van der Waals surface area contributed by atoms with Gasteiger partial charge in [0.25, 0.3) is 0 Å². The van der Waals surface area contributed by atoms with Gasteiger partial charge in [-0.2, -0.15) is 0 Å². The highest BCUT2D eigenvalue weighted by Crippen LogP contribution is 2.46. The second-order valence-corrected chi connectivity index (χ2v) is 9.49. The van der Waals surface area contributed by atoms with Crippen molar-refractivity contribution >= 4 is 43.4 Å². The standard InChI is InChI=1S/C20H21Br2N3O3/c21-14-1-2-16-17(7-14)28-18-8-15(22)9-23-19(18)25(16)4-6-26-5-3-24-10-20(11-24)12-27-13-20/h1-2,7-9H,3-6,10-13H2. The number of hydrogen-bond acceptors (Lipinski definition) is 6. The average Bonchev–Trinajstić information content (AvgIpc) is 2.60. The first kappa shape index (κ1) is 18.8. The molecule has 5 rings (SSSR count). The van der Waals surface area contributed by atoms with Crippen molar-refractivity contribution in [2.24, 2.45) is 5.41 Å². The van der Waals surface area contributed by atoms with Gasteiger partial charge in [0, 0.05) is 52.8 Å². The van der Waals surface area contributed by atoms with E-state index in [9.17, 15) is 0 Å². The lowest BCUT2D eigenvalue weighted by molar-refractivity contribution is -0.190. The number of pyridine rings is 1. The molecule has 1 aromatic heterocycles. The molecule has 3 aliphatic rings. The number of halogens is 2. The van der Waals surface area contributed by atoms with E-state index in [0.29, 0.717) is 12.0 Å². The van der Waals surface area contributed by atoms with E-state index in [1.165, 1.54) is 0 Å². The third kappa shape index (κ3) is 3.57. The van der Waals surface area contributed by atoms with Gasteiger partial charge in [0.1, 0.15) is 0 Å². The molecule has 0 radical (unpaired) electrons. The predicted molar refractivity (Wildman–Crippen MR) is 114 cm³/mol. The van der Waals surface area contributed by atoms with Crippen LogP contribution in [0.2, 0.25) is 0 Å². The lowest BCUT2D eigenvalue weighted by Gasteiger charge is -2.55. The Labute approximate surface area is 181 Å². The minimum Gasteiger partial charge on any atom is -0.451 e. The van der Waals surface area contributed by atoms with Crippen molar-refractivity contribution in [3.05, 3.63) is 39.4 Å². The largest absolute Gasteiger partial charge is 0.451 e. The number of aromatic nitrogens is 1. The van der Waals surface area contributed by atoms with Crippen LogP contribution in [0.3, 0.4) is 0 Å². The third-order valence-electron chi connectivity index (χ3n) is 5.43. The van der Waals surface area contributed by atoms with Crippen LogP contribution < -0.4 is 9.64 Å². The molecule has 0 N–H and O–H groups in total. The van der Waals surface area contributed by atoms with E-state index >= 15 is 0 Å². The second-order valence-electron chi connectivity index (χ2n) is 7.66. The van der Waals surface area contributed by atoms with Crippen molar-refractivity contribution in [1.29, 1.82) is 0 Å². The normalized spacial score (nSPS) is 19.4. The minimum atomic E-state index is 0.468. The lowest BCUT2D eigenvalue weighted by Crippen LogP contribution is -2.66. The van der Waals surface area contributed by atoms with Crippen molar-refractivity contribution in [3.63, 3.8) is 0 Å². The lowest BCUT2D eigenvalue weighted by atomic mass is 9.78. The van der Waals surface area contributed by atoms with Crippen molar-refractivity contribution in [3.8, 4) is 11.5 Å². The Morgan fingerprint density at radius 2 is 1.82 bits per heavy atom. The quantitative estimate of drug-likeness (QED) is 0.543. The van der Waals surface area contributed by atoms with Gasteiger partial charge in [-0.15, -0.1) is 0 Å². The number of anilines is 2. The number of fused-ring (bicyclic) bond motifs is 2. The number of ether oxygens (including phenoxy) is 3. The van der Waals surface area contributed by atoms with Gasteiger partial charge in [-0.3, -0.25) is 4.90 Å². The molecule has 2 aromatic rings. The summed E-state index contributed by atoms with van der Waals surface area (Å²) >= 11 is 6.99. The maximum absolute atomic E-state index is 6.06. The molecule has 0 saturated carbocycles. The summed E-state index contributed by atoms with van der Waals surface area (Å²) in [6.07, 6.45) is 1.80. The monoisotopic (exact) mass is 509 g/mol. The van der Waals surface area contributed by atoms with Crippen LogP contribution in [0.15, 0.2) is 39.4 Å². The van der Waals surface area contributed by atoms with Crippen LogP contribution in [0, 0.1) is 5.41 Å². The number of benzene rings is 1. The molecule has 0 aliphatic carbocycles. The molecule has 3 aliphatic heterocycles. The smallest absolute Gasteiger partial charge is 0.176 e. The molecule has 4 heterocycles. The zero-order valence-electron chi connectivity index (χ0n) is 15.4. The Kier molecular flexibility index (Phi) is 5.09. The Morgan fingerprint density at radius 3 is 2.61 bits per heavy atom. The number of nitrogens with zero attached hydrogens (tertiary/aromatic N) is 3. The van der Waals surface area contributed by atoms with Crippen LogP contribution in [0.5, 0.6) is 11.5 Å². The average molecular weight is 511 g/mol. The molecule has 0 unspecified atom stereocenters. The summed E-state index contributed by atoms with van der Waals surface area (Å²) in [7, 11) is 0. The Morgan fingerprint density at radius 1 is 1.04 bits per heavy atom. The van der Waals surface area contributed by atoms with Crippen molar-refractivity contribution < 1.29 is 14.2 Å². The minimum absolute atomic E-state index is 0.468. The van der Waals surface area contributed by atoms with Gasteiger partial charge in [0.15, 0.2) is 17.3 Å². The molecule has 0 bridgehead atoms. The van der Waals surface area contributed by atoms with Gasteiger partial charge >= 0.3 is 0 Å². The van der Waals surface area contributed by atoms with Crippen LogP contribution >= 0.6 is 31.9 Å². The molecule has 0 atom stereocenters. The highest BCUT2D eigenvalue weighted by atomic mass is 79.9. The Bertz CT molecular complexity index is 831. The highest BCUT2D eigenvalue weighted by Gasteiger charge is 2.48. The molecule has 28 heavy (non-hydrogen) atoms. The summed E-state index contributed by atoms with van der Waals surface area (Å²) in [5, 5.41) is 0. The van der Waals surface area contributed by atoms with Crippen LogP contribution in [0.1, 0.15) is 0 Å². The van der Waals surface area contributed by atoms with E-state index in [1.54, 1.807) is 6.20 Å². The SMILES string of the molecule is Brc1ccc2c(c1)Oc1cc(Br)cnc1N2CCOCCN1CC2(COC2)C1. The molecule has 8 heteroatoms. The summed E-state index contributed by atoms with van der Waals surface area (Å²) in [5.74, 6) is 2.38.